The predicted octanol–water partition coefficient (Wildman–Crippen LogP) is 6.26. The van der Waals surface area contributed by atoms with Gasteiger partial charge in [-0.2, -0.15) is 5.10 Å². The molecule has 0 bridgehead atoms. The van der Waals surface area contributed by atoms with E-state index >= 15 is 0 Å². The lowest BCUT2D eigenvalue weighted by molar-refractivity contribution is 0.0936. The number of nitrogens with zero attached hydrogens (tertiary/aromatic N) is 2. The molecular weight excluding hydrogens is 420 g/mol. The van der Waals surface area contributed by atoms with Crippen molar-refractivity contribution in [3.63, 3.8) is 0 Å². The second-order valence-corrected chi connectivity index (χ2v) is 9.57. The van der Waals surface area contributed by atoms with Crippen LogP contribution in [-0.2, 0) is 13.0 Å². The molecule has 2 aromatic rings. The van der Waals surface area contributed by atoms with Crippen molar-refractivity contribution in [1.29, 1.82) is 0 Å². The Balaban J connectivity index is 1.85. The van der Waals surface area contributed by atoms with Crippen LogP contribution in [0.1, 0.15) is 69.4 Å². The van der Waals surface area contributed by atoms with Crippen molar-refractivity contribution in [3.8, 4) is 11.3 Å². The van der Waals surface area contributed by atoms with Gasteiger partial charge in [0, 0.05) is 13.1 Å². The van der Waals surface area contributed by atoms with Gasteiger partial charge in [0.2, 0.25) is 0 Å². The number of amides is 1. The average molecular weight is 452 g/mol. The first kappa shape index (κ1) is 23.7. The van der Waals surface area contributed by atoms with E-state index in [1.54, 1.807) is 6.92 Å². The molecule has 0 atom stereocenters. The molecule has 1 aliphatic carbocycles. The number of halogens is 3. The highest BCUT2D eigenvalue weighted by atomic mass is 35.5. The highest BCUT2D eigenvalue weighted by molar-refractivity contribution is 6.36. The lowest BCUT2D eigenvalue weighted by atomic mass is 9.83. The number of aryl methyl sites for hydroxylation is 1. The summed E-state index contributed by atoms with van der Waals surface area (Å²) in [7, 11) is 0. The van der Waals surface area contributed by atoms with Crippen molar-refractivity contribution >= 4 is 17.5 Å². The van der Waals surface area contributed by atoms with Crippen molar-refractivity contribution in [2.24, 2.45) is 17.8 Å². The van der Waals surface area contributed by atoms with E-state index < -0.39 is 17.5 Å². The first-order valence-corrected chi connectivity index (χ1v) is 11.6. The third-order valence-electron chi connectivity index (χ3n) is 6.08. The molecule has 1 aromatic carbocycles. The second kappa shape index (κ2) is 10.1. The van der Waals surface area contributed by atoms with Crippen molar-refractivity contribution in [2.75, 3.05) is 6.54 Å². The van der Waals surface area contributed by atoms with E-state index in [-0.39, 0.29) is 27.9 Å². The minimum absolute atomic E-state index is 0.00718. The highest BCUT2D eigenvalue weighted by Gasteiger charge is 2.27. The van der Waals surface area contributed by atoms with Gasteiger partial charge >= 0.3 is 0 Å². The minimum Gasteiger partial charge on any atom is -0.350 e. The maximum Gasteiger partial charge on any atom is 0.273 e. The summed E-state index contributed by atoms with van der Waals surface area (Å²) < 4.78 is 31.3. The predicted molar refractivity (Wildman–Crippen MR) is 120 cm³/mol. The number of aromatic nitrogens is 2. The van der Waals surface area contributed by atoms with E-state index in [1.807, 2.05) is 13.8 Å². The third kappa shape index (κ3) is 5.46. The number of carbonyl (C=O) groups excluding carboxylic acids is 1. The maximum atomic E-state index is 14.9. The molecule has 3 rings (SSSR count). The van der Waals surface area contributed by atoms with E-state index in [0.717, 1.165) is 18.8 Å². The van der Waals surface area contributed by atoms with E-state index in [9.17, 15) is 13.6 Å². The first-order valence-electron chi connectivity index (χ1n) is 11.2. The quantitative estimate of drug-likeness (QED) is 0.540. The summed E-state index contributed by atoms with van der Waals surface area (Å²) in [6.07, 6.45) is 5.08. The van der Waals surface area contributed by atoms with E-state index in [4.69, 9.17) is 11.6 Å². The van der Waals surface area contributed by atoms with Crippen molar-refractivity contribution in [2.45, 2.75) is 66.3 Å². The summed E-state index contributed by atoms with van der Waals surface area (Å²) in [5.74, 6) is -0.353. The molecular formula is C24H32ClF2N3O. The Morgan fingerprint density at radius 1 is 1.23 bits per heavy atom. The van der Waals surface area contributed by atoms with Crippen LogP contribution >= 0.6 is 11.6 Å². The van der Waals surface area contributed by atoms with Crippen LogP contribution in [0.15, 0.2) is 12.1 Å². The molecule has 1 aliphatic rings. The second-order valence-electron chi connectivity index (χ2n) is 9.20. The monoisotopic (exact) mass is 451 g/mol. The standard InChI is InChI=1S/C24H32ClF2N3O/c1-5-30-23(20-18(26)11-17(10-14(2)3)12-19(20)27)21(25)22(29-30)24(31)28-13-16-8-6-15(4)7-9-16/h11-12,14-16H,5-10,13H2,1-4H3,(H,28,31). The summed E-state index contributed by atoms with van der Waals surface area (Å²) in [6.45, 7) is 8.91. The van der Waals surface area contributed by atoms with Crippen molar-refractivity contribution < 1.29 is 13.6 Å². The molecule has 1 N–H and O–H groups in total. The van der Waals surface area contributed by atoms with Crippen LogP contribution in [0.25, 0.3) is 11.3 Å². The summed E-state index contributed by atoms with van der Waals surface area (Å²) in [4.78, 5) is 12.8. The molecule has 31 heavy (non-hydrogen) atoms. The van der Waals surface area contributed by atoms with E-state index in [0.29, 0.717) is 31.0 Å². The van der Waals surface area contributed by atoms with Crippen molar-refractivity contribution in [3.05, 3.63) is 40.0 Å². The van der Waals surface area contributed by atoms with Gasteiger partial charge < -0.3 is 5.32 Å². The molecule has 1 amide bonds. The fraction of sp³-hybridized carbons (Fsp3) is 0.583. The van der Waals surface area contributed by atoms with Gasteiger partial charge in [-0.25, -0.2) is 8.78 Å². The molecule has 170 valence electrons. The van der Waals surface area contributed by atoms with Crippen LogP contribution < -0.4 is 5.32 Å². The van der Waals surface area contributed by atoms with Gasteiger partial charge in [0.05, 0.1) is 16.3 Å². The fourth-order valence-corrected chi connectivity index (χ4v) is 4.66. The van der Waals surface area contributed by atoms with E-state index in [1.165, 1.54) is 29.7 Å². The molecule has 1 aromatic heterocycles. The normalized spacial score (nSPS) is 19.1. The van der Waals surface area contributed by atoms with Gasteiger partial charge in [-0.15, -0.1) is 0 Å². The molecule has 0 unspecified atom stereocenters. The van der Waals surface area contributed by atoms with Crippen LogP contribution in [0.2, 0.25) is 5.02 Å². The summed E-state index contributed by atoms with van der Waals surface area (Å²) >= 11 is 6.47. The van der Waals surface area contributed by atoms with Crippen molar-refractivity contribution in [1.82, 2.24) is 15.1 Å². The Kier molecular flexibility index (Phi) is 7.73. The fourth-order valence-electron chi connectivity index (χ4n) is 4.35. The number of hydrogen-bond acceptors (Lipinski definition) is 2. The first-order chi connectivity index (χ1) is 14.7. The highest BCUT2D eigenvalue weighted by Crippen LogP contribution is 2.35. The smallest absolute Gasteiger partial charge is 0.273 e. The molecule has 0 saturated heterocycles. The van der Waals surface area contributed by atoms with E-state index in [2.05, 4.69) is 17.3 Å². The van der Waals surface area contributed by atoms with Gasteiger partial charge in [-0.1, -0.05) is 45.2 Å². The SMILES string of the molecule is CCn1nc(C(=O)NCC2CCC(C)CC2)c(Cl)c1-c1c(F)cc(CC(C)C)cc1F. The zero-order valence-corrected chi connectivity index (χ0v) is 19.5. The lowest BCUT2D eigenvalue weighted by Crippen LogP contribution is -2.31. The van der Waals surface area contributed by atoms with Gasteiger partial charge in [-0.05, 0) is 61.6 Å². The van der Waals surface area contributed by atoms with Gasteiger partial charge in [0.25, 0.3) is 5.91 Å². The Bertz CT molecular complexity index is 910. The third-order valence-corrected chi connectivity index (χ3v) is 6.44. The lowest BCUT2D eigenvalue weighted by Gasteiger charge is -2.26. The Morgan fingerprint density at radius 2 is 1.84 bits per heavy atom. The largest absolute Gasteiger partial charge is 0.350 e. The molecule has 1 fully saturated rings. The zero-order valence-electron chi connectivity index (χ0n) is 18.8. The molecule has 0 aliphatic heterocycles. The maximum absolute atomic E-state index is 14.9. The number of rotatable bonds is 7. The minimum atomic E-state index is -0.699. The molecule has 7 heteroatoms. The van der Waals surface area contributed by atoms with Crippen LogP contribution in [0, 0.1) is 29.4 Å². The van der Waals surface area contributed by atoms with Crippen LogP contribution in [-0.4, -0.2) is 22.2 Å². The zero-order chi connectivity index (χ0) is 22.7. The van der Waals surface area contributed by atoms with Crippen LogP contribution in [0.5, 0.6) is 0 Å². The van der Waals surface area contributed by atoms with Gasteiger partial charge in [-0.3, -0.25) is 9.48 Å². The molecule has 1 heterocycles. The Hall–Kier alpha value is -1.95. The molecule has 1 saturated carbocycles. The van der Waals surface area contributed by atoms with Gasteiger partial charge in [0.1, 0.15) is 11.6 Å². The number of hydrogen-bond donors (Lipinski definition) is 1. The summed E-state index contributed by atoms with van der Waals surface area (Å²) in [6, 6.07) is 2.68. The van der Waals surface area contributed by atoms with Gasteiger partial charge in [0.15, 0.2) is 5.69 Å². The number of nitrogens with one attached hydrogen (secondary N) is 1. The molecule has 4 nitrogen and oxygen atoms in total. The molecule has 0 spiro atoms. The average Bonchev–Trinajstić information content (AvgIpc) is 3.03. The Labute approximate surface area is 188 Å². The Morgan fingerprint density at radius 3 is 2.39 bits per heavy atom. The molecule has 0 radical (unpaired) electrons. The van der Waals surface area contributed by atoms with Crippen LogP contribution in [0.3, 0.4) is 0 Å². The number of benzene rings is 1. The van der Waals surface area contributed by atoms with Crippen LogP contribution in [0.4, 0.5) is 8.78 Å². The summed E-state index contributed by atoms with van der Waals surface area (Å²) in [5.41, 5.74) is 0.457. The summed E-state index contributed by atoms with van der Waals surface area (Å²) in [5, 5.41) is 7.16. The number of carbonyl (C=O) groups is 1. The topological polar surface area (TPSA) is 46.9 Å².